The van der Waals surface area contributed by atoms with Gasteiger partial charge in [0.05, 0.1) is 18.8 Å². The van der Waals surface area contributed by atoms with Gasteiger partial charge in [0, 0.05) is 16.7 Å². The van der Waals surface area contributed by atoms with Gasteiger partial charge < -0.3 is 19.3 Å². The van der Waals surface area contributed by atoms with Gasteiger partial charge in [-0.25, -0.2) is 9.18 Å². The first kappa shape index (κ1) is 25.7. The molecule has 36 heavy (non-hydrogen) atoms. The second-order valence-corrected chi connectivity index (χ2v) is 12.2. The molecule has 0 aromatic rings. The summed E-state index contributed by atoms with van der Waals surface area (Å²) in [5.41, 5.74) is -5.23. The molecule has 1 heterocycles. The van der Waals surface area contributed by atoms with Crippen molar-refractivity contribution < 1.29 is 38.1 Å². The summed E-state index contributed by atoms with van der Waals surface area (Å²) >= 11 is 0. The number of unbranched alkanes of at least 4 members (excludes halogenated alkanes) is 1. The Balaban J connectivity index is 1.57. The second kappa shape index (κ2) is 8.05. The second-order valence-electron chi connectivity index (χ2n) is 12.2. The molecule has 5 rings (SSSR count). The number of alkyl halides is 1. The number of rotatable bonds is 5. The van der Waals surface area contributed by atoms with Crippen LogP contribution >= 0.6 is 0 Å². The van der Waals surface area contributed by atoms with Crippen LogP contribution in [0.15, 0.2) is 23.8 Å². The number of fused-ring (bicyclic) bond motifs is 7. The third-order valence-electron chi connectivity index (χ3n) is 9.89. The Hall–Kier alpha value is -1.90. The Kier molecular flexibility index (Phi) is 5.75. The fourth-order valence-electron chi connectivity index (χ4n) is 8.23. The summed E-state index contributed by atoms with van der Waals surface area (Å²) in [6.45, 7) is 9.06. The van der Waals surface area contributed by atoms with Crippen LogP contribution in [0, 0.1) is 22.7 Å². The molecule has 0 bridgehead atoms. The number of aliphatic hydroxyl groups is 1. The average Bonchev–Trinajstić information content (AvgIpc) is 3.21. The van der Waals surface area contributed by atoms with E-state index in [2.05, 4.69) is 0 Å². The standard InChI is InChI=1S/C28H37FO7/c1-6-7-12-34-23(33)22(32)28-21(35-24(2,3)36-28)14-19-18-9-8-16-13-17(30)10-11-25(16,4)27(18,29)20(31)15-26(19,28)5/h10-11,13,18-21,31H,6-9,12,14-15H2,1-5H3/t18-,19-,20-,21+,25-,26-,27-,28-/m0/s1. The number of carbonyl (C=O) groups excluding carboxylic acids is 3. The van der Waals surface area contributed by atoms with Gasteiger partial charge in [0.2, 0.25) is 0 Å². The lowest BCUT2D eigenvalue weighted by Gasteiger charge is -2.62. The fourth-order valence-corrected chi connectivity index (χ4v) is 8.23. The number of Topliss-reactive ketones (excluding diaryl/α,β-unsaturated/α-hetero) is 1. The van der Waals surface area contributed by atoms with Gasteiger partial charge in [0.1, 0.15) is 0 Å². The highest BCUT2D eigenvalue weighted by molar-refractivity contribution is 6.37. The molecule has 0 aromatic carbocycles. The molecule has 8 heteroatoms. The molecular weight excluding hydrogens is 467 g/mol. The van der Waals surface area contributed by atoms with Crippen LogP contribution in [0.2, 0.25) is 0 Å². The van der Waals surface area contributed by atoms with Gasteiger partial charge in [-0.15, -0.1) is 0 Å². The molecule has 0 unspecified atom stereocenters. The van der Waals surface area contributed by atoms with Crippen molar-refractivity contribution in [3.63, 3.8) is 0 Å². The van der Waals surface area contributed by atoms with Crippen molar-refractivity contribution in [3.8, 4) is 0 Å². The number of aliphatic hydroxyl groups excluding tert-OH is 1. The molecule has 0 amide bonds. The minimum Gasteiger partial charge on any atom is -0.460 e. The van der Waals surface area contributed by atoms with Gasteiger partial charge in [-0.3, -0.25) is 9.59 Å². The van der Waals surface area contributed by atoms with Crippen LogP contribution in [0.4, 0.5) is 4.39 Å². The van der Waals surface area contributed by atoms with Crippen molar-refractivity contribution in [3.05, 3.63) is 23.8 Å². The monoisotopic (exact) mass is 504 g/mol. The van der Waals surface area contributed by atoms with Crippen LogP contribution < -0.4 is 0 Å². The molecule has 3 saturated carbocycles. The van der Waals surface area contributed by atoms with E-state index < -0.39 is 57.8 Å². The maximum absolute atomic E-state index is 17.4. The van der Waals surface area contributed by atoms with Gasteiger partial charge in [-0.05, 0) is 70.9 Å². The molecule has 4 aliphatic carbocycles. The number of esters is 1. The Morgan fingerprint density at radius 3 is 2.64 bits per heavy atom. The summed E-state index contributed by atoms with van der Waals surface area (Å²) in [6, 6.07) is 0. The summed E-state index contributed by atoms with van der Waals surface area (Å²) in [5.74, 6) is -4.10. The number of allylic oxidation sites excluding steroid dienone is 4. The van der Waals surface area contributed by atoms with Gasteiger partial charge in [-0.2, -0.15) is 0 Å². The van der Waals surface area contributed by atoms with Crippen molar-refractivity contribution in [2.45, 2.75) is 102 Å². The third-order valence-corrected chi connectivity index (χ3v) is 9.89. The van der Waals surface area contributed by atoms with Crippen molar-refractivity contribution in [2.75, 3.05) is 6.61 Å². The molecule has 8 atom stereocenters. The molecule has 0 aromatic heterocycles. The minimum atomic E-state index is -2.04. The van der Waals surface area contributed by atoms with Crippen LogP contribution in [-0.2, 0) is 28.6 Å². The molecule has 4 fully saturated rings. The van der Waals surface area contributed by atoms with E-state index in [9.17, 15) is 19.5 Å². The normalized spacial score (nSPS) is 46.3. The van der Waals surface area contributed by atoms with Gasteiger partial charge >= 0.3 is 5.97 Å². The van der Waals surface area contributed by atoms with Crippen LogP contribution in [-0.4, -0.2) is 58.5 Å². The zero-order valence-electron chi connectivity index (χ0n) is 21.8. The SMILES string of the molecule is CCCCOC(=O)C(=O)[C@@]12OC(C)(C)O[C@@H]1C[C@H]1[C@@H]3CCC4=CC(=O)C=C[C@]4(C)[C@@]3(F)[C@@H](O)C[C@@]12C. The number of hydrogen-bond donors (Lipinski definition) is 1. The van der Waals surface area contributed by atoms with Gasteiger partial charge in [0.25, 0.3) is 5.78 Å². The maximum atomic E-state index is 17.4. The van der Waals surface area contributed by atoms with Crippen molar-refractivity contribution in [2.24, 2.45) is 22.7 Å². The third kappa shape index (κ3) is 3.10. The maximum Gasteiger partial charge on any atom is 0.377 e. The summed E-state index contributed by atoms with van der Waals surface area (Å²) in [7, 11) is 0. The Bertz CT molecular complexity index is 1060. The minimum absolute atomic E-state index is 0.0841. The molecule has 1 saturated heterocycles. The molecule has 7 nitrogen and oxygen atoms in total. The summed E-state index contributed by atoms with van der Waals surface area (Å²) in [6.07, 6.45) is 4.87. The first-order chi connectivity index (χ1) is 16.8. The Morgan fingerprint density at radius 2 is 1.94 bits per heavy atom. The van der Waals surface area contributed by atoms with E-state index in [0.29, 0.717) is 31.3 Å². The van der Waals surface area contributed by atoms with Crippen molar-refractivity contribution in [1.82, 2.24) is 0 Å². The van der Waals surface area contributed by atoms with Crippen LogP contribution in [0.5, 0.6) is 0 Å². The van der Waals surface area contributed by atoms with Crippen molar-refractivity contribution in [1.29, 1.82) is 0 Å². The zero-order valence-corrected chi connectivity index (χ0v) is 21.8. The predicted octanol–water partition coefficient (Wildman–Crippen LogP) is 3.77. The summed E-state index contributed by atoms with van der Waals surface area (Å²) in [5, 5.41) is 11.6. The smallest absolute Gasteiger partial charge is 0.377 e. The summed E-state index contributed by atoms with van der Waals surface area (Å²) in [4.78, 5) is 38.9. The quantitative estimate of drug-likeness (QED) is 0.346. The highest BCUT2D eigenvalue weighted by Gasteiger charge is 2.81. The molecule has 5 aliphatic rings. The fraction of sp³-hybridized carbons (Fsp3) is 0.750. The number of halogens is 1. The highest BCUT2D eigenvalue weighted by atomic mass is 19.1. The first-order valence-corrected chi connectivity index (χ1v) is 13.2. The van der Waals surface area contributed by atoms with Crippen LogP contribution in [0.1, 0.15) is 73.1 Å². The largest absolute Gasteiger partial charge is 0.460 e. The number of ketones is 2. The van der Waals surface area contributed by atoms with E-state index in [4.69, 9.17) is 14.2 Å². The molecule has 0 spiro atoms. The average molecular weight is 505 g/mol. The first-order valence-electron chi connectivity index (χ1n) is 13.2. The van der Waals surface area contributed by atoms with E-state index in [-0.39, 0.29) is 24.7 Å². The van der Waals surface area contributed by atoms with Crippen LogP contribution in [0.25, 0.3) is 0 Å². The molecule has 1 aliphatic heterocycles. The van der Waals surface area contributed by atoms with E-state index >= 15 is 4.39 Å². The molecular formula is C28H37FO7. The summed E-state index contributed by atoms with van der Waals surface area (Å²) < 4.78 is 35.2. The molecule has 1 N–H and O–H groups in total. The topological polar surface area (TPSA) is 99.1 Å². The predicted molar refractivity (Wildman–Crippen MR) is 127 cm³/mol. The molecule has 0 radical (unpaired) electrons. The Morgan fingerprint density at radius 1 is 1.22 bits per heavy atom. The van der Waals surface area contributed by atoms with Gasteiger partial charge in [0.15, 0.2) is 22.8 Å². The number of carbonyl (C=O) groups is 3. The number of ether oxygens (including phenoxy) is 3. The van der Waals surface area contributed by atoms with E-state index in [1.54, 1.807) is 26.8 Å². The Labute approximate surface area is 211 Å². The van der Waals surface area contributed by atoms with E-state index in [1.165, 1.54) is 12.2 Å². The van der Waals surface area contributed by atoms with E-state index in [0.717, 1.165) is 6.42 Å². The number of hydrogen-bond acceptors (Lipinski definition) is 7. The lowest BCUT2D eigenvalue weighted by Crippen LogP contribution is -2.70. The van der Waals surface area contributed by atoms with Gasteiger partial charge in [-0.1, -0.05) is 31.9 Å². The van der Waals surface area contributed by atoms with Crippen molar-refractivity contribution >= 4 is 17.5 Å². The molecule has 198 valence electrons. The van der Waals surface area contributed by atoms with E-state index in [1.807, 2.05) is 13.8 Å². The van der Waals surface area contributed by atoms with Crippen LogP contribution in [0.3, 0.4) is 0 Å². The lowest BCUT2D eigenvalue weighted by molar-refractivity contribution is -0.246. The zero-order chi connectivity index (χ0) is 26.3. The highest BCUT2D eigenvalue weighted by Crippen LogP contribution is 2.72. The lowest BCUT2D eigenvalue weighted by atomic mass is 9.44.